The minimum atomic E-state index is -1.51. The van der Waals surface area contributed by atoms with E-state index >= 15 is 0 Å². The maximum atomic E-state index is 9.70. The molecule has 0 saturated carbocycles. The van der Waals surface area contributed by atoms with Crippen LogP contribution in [0.4, 0.5) is 0 Å². The van der Waals surface area contributed by atoms with Crippen LogP contribution < -0.4 is 5.73 Å². The summed E-state index contributed by atoms with van der Waals surface area (Å²) in [4.78, 5) is 3.63. The van der Waals surface area contributed by atoms with Gasteiger partial charge in [-0.05, 0) is 6.92 Å². The van der Waals surface area contributed by atoms with Crippen LogP contribution in [0.25, 0.3) is 0 Å². The molecule has 1 aliphatic heterocycles. The van der Waals surface area contributed by atoms with Crippen molar-refractivity contribution in [3.05, 3.63) is 0 Å². The Bertz CT molecular complexity index is 207. The summed E-state index contributed by atoms with van der Waals surface area (Å²) in [5, 5.41) is 27.9. The molecule has 0 bridgehead atoms. The van der Waals surface area contributed by atoms with E-state index < -0.39 is 24.0 Å². The molecule has 0 amide bonds. The Hall–Kier alpha value is -0.690. The van der Waals surface area contributed by atoms with Crippen LogP contribution in [0.2, 0.25) is 0 Å². The van der Waals surface area contributed by atoms with Crippen LogP contribution in [-0.4, -0.2) is 52.3 Å². The van der Waals surface area contributed by atoms with E-state index in [0.717, 1.165) is 6.34 Å². The molecule has 76 valence electrons. The lowest BCUT2D eigenvalue weighted by Gasteiger charge is -2.23. The van der Waals surface area contributed by atoms with Gasteiger partial charge in [-0.25, -0.2) is 4.99 Å². The van der Waals surface area contributed by atoms with Crippen LogP contribution in [0.15, 0.2) is 4.99 Å². The first kappa shape index (κ1) is 10.4. The Morgan fingerprint density at radius 2 is 2.31 bits per heavy atom. The maximum absolute atomic E-state index is 9.70. The highest BCUT2D eigenvalue weighted by Gasteiger charge is 2.51. The van der Waals surface area contributed by atoms with Gasteiger partial charge in [0.25, 0.3) is 0 Å². The fraction of sp³-hybridized carbons (Fsp3) is 0.857. The molecule has 1 saturated heterocycles. The third-order valence-electron chi connectivity index (χ3n) is 2.16. The van der Waals surface area contributed by atoms with Gasteiger partial charge in [0.15, 0.2) is 6.23 Å². The molecule has 1 fully saturated rings. The summed E-state index contributed by atoms with van der Waals surface area (Å²) in [5.41, 5.74) is 3.52. The second-order valence-corrected chi connectivity index (χ2v) is 3.18. The average molecular weight is 190 g/mol. The standard InChI is InChI=1S/C7H14N2O4/c1-7(12)5(11)4(2-10)13-6(7)9-3-8/h3-6,10-12H,2H2,1H3,(H2,8,9). The predicted octanol–water partition coefficient (Wildman–Crippen LogP) is -2.20. The van der Waals surface area contributed by atoms with Crippen LogP contribution in [0, 0.1) is 0 Å². The molecule has 1 heterocycles. The lowest BCUT2D eigenvalue weighted by Crippen LogP contribution is -2.45. The summed E-state index contributed by atoms with van der Waals surface area (Å²) in [7, 11) is 0. The molecule has 1 aliphatic rings. The molecular formula is C7H14N2O4. The third kappa shape index (κ3) is 1.66. The molecule has 0 aliphatic carbocycles. The molecule has 4 atom stereocenters. The Morgan fingerprint density at radius 1 is 1.69 bits per heavy atom. The summed E-state index contributed by atoms with van der Waals surface area (Å²) in [6.07, 6.45) is -1.91. The number of nitrogens with two attached hydrogens (primary N) is 1. The van der Waals surface area contributed by atoms with Crippen LogP contribution >= 0.6 is 0 Å². The van der Waals surface area contributed by atoms with Gasteiger partial charge in [0.05, 0.1) is 12.9 Å². The summed E-state index contributed by atoms with van der Waals surface area (Å²) >= 11 is 0. The van der Waals surface area contributed by atoms with E-state index in [1.807, 2.05) is 0 Å². The van der Waals surface area contributed by atoms with E-state index in [1.165, 1.54) is 6.92 Å². The molecule has 0 spiro atoms. The fourth-order valence-corrected chi connectivity index (χ4v) is 1.31. The van der Waals surface area contributed by atoms with E-state index in [0.29, 0.717) is 0 Å². The van der Waals surface area contributed by atoms with Gasteiger partial charge >= 0.3 is 0 Å². The van der Waals surface area contributed by atoms with Crippen LogP contribution in [0.3, 0.4) is 0 Å². The number of rotatable bonds is 2. The normalized spacial score (nSPS) is 46.0. The van der Waals surface area contributed by atoms with E-state index in [1.54, 1.807) is 0 Å². The van der Waals surface area contributed by atoms with Crippen LogP contribution in [0.1, 0.15) is 6.92 Å². The van der Waals surface area contributed by atoms with Gasteiger partial charge in [-0.15, -0.1) is 0 Å². The second kappa shape index (κ2) is 3.59. The number of aliphatic hydroxyl groups excluding tert-OH is 2. The van der Waals surface area contributed by atoms with Crippen molar-refractivity contribution in [1.29, 1.82) is 0 Å². The van der Waals surface area contributed by atoms with Gasteiger partial charge in [-0.1, -0.05) is 0 Å². The van der Waals surface area contributed by atoms with Crippen molar-refractivity contribution in [3.8, 4) is 0 Å². The number of aliphatic hydroxyl groups is 3. The Morgan fingerprint density at radius 3 is 2.69 bits per heavy atom. The van der Waals surface area contributed by atoms with Crippen molar-refractivity contribution in [3.63, 3.8) is 0 Å². The van der Waals surface area contributed by atoms with Crippen LogP contribution in [-0.2, 0) is 4.74 Å². The van der Waals surface area contributed by atoms with Crippen molar-refractivity contribution in [1.82, 2.24) is 0 Å². The Labute approximate surface area is 75.7 Å². The molecule has 0 aromatic rings. The zero-order chi connectivity index (χ0) is 10.1. The largest absolute Gasteiger partial charge is 0.394 e. The Kier molecular flexibility index (Phi) is 2.87. The number of nitrogens with zero attached hydrogens (tertiary/aromatic N) is 1. The van der Waals surface area contributed by atoms with Gasteiger partial charge in [0.1, 0.15) is 17.8 Å². The highest BCUT2D eigenvalue weighted by molar-refractivity contribution is 5.51. The number of aliphatic imine (C=N–C) groups is 1. The molecule has 13 heavy (non-hydrogen) atoms. The monoisotopic (exact) mass is 190 g/mol. The molecule has 1 rings (SSSR count). The van der Waals surface area contributed by atoms with Crippen molar-refractivity contribution in [2.45, 2.75) is 31.0 Å². The lowest BCUT2D eigenvalue weighted by atomic mass is 9.97. The first-order chi connectivity index (χ1) is 6.04. The van der Waals surface area contributed by atoms with Gasteiger partial charge in [0.2, 0.25) is 0 Å². The van der Waals surface area contributed by atoms with Crippen molar-refractivity contribution >= 4 is 6.34 Å². The molecule has 0 aromatic carbocycles. The van der Waals surface area contributed by atoms with Crippen LogP contribution in [0.5, 0.6) is 0 Å². The number of hydrogen-bond acceptors (Lipinski definition) is 5. The number of hydrogen-bond donors (Lipinski definition) is 4. The lowest BCUT2D eigenvalue weighted by molar-refractivity contribution is -0.0598. The van der Waals surface area contributed by atoms with Crippen molar-refractivity contribution in [2.24, 2.45) is 10.7 Å². The molecule has 0 radical (unpaired) electrons. The molecular weight excluding hydrogens is 176 g/mol. The zero-order valence-electron chi connectivity index (χ0n) is 7.29. The summed E-state index contributed by atoms with van der Waals surface area (Å²) in [6.45, 7) is 1.01. The van der Waals surface area contributed by atoms with Gasteiger partial charge < -0.3 is 25.8 Å². The molecule has 5 N–H and O–H groups in total. The van der Waals surface area contributed by atoms with E-state index in [4.69, 9.17) is 15.6 Å². The Balaban J connectivity index is 2.79. The fourth-order valence-electron chi connectivity index (χ4n) is 1.31. The quantitative estimate of drug-likeness (QED) is 0.292. The highest BCUT2D eigenvalue weighted by Crippen LogP contribution is 2.31. The summed E-state index contributed by atoms with van der Waals surface area (Å²) in [5.74, 6) is 0. The van der Waals surface area contributed by atoms with Crippen molar-refractivity contribution < 1.29 is 20.1 Å². The molecule has 0 aromatic heterocycles. The van der Waals surface area contributed by atoms with Gasteiger partial charge in [0, 0.05) is 0 Å². The first-order valence-electron chi connectivity index (χ1n) is 3.94. The van der Waals surface area contributed by atoms with E-state index in [9.17, 15) is 10.2 Å². The SMILES string of the molecule is CC1(O)C(N=CN)OC(CO)C1O. The molecule has 6 nitrogen and oxygen atoms in total. The summed E-state index contributed by atoms with van der Waals surface area (Å²) in [6, 6.07) is 0. The zero-order valence-corrected chi connectivity index (χ0v) is 7.29. The van der Waals surface area contributed by atoms with E-state index in [-0.39, 0.29) is 6.61 Å². The topological polar surface area (TPSA) is 108 Å². The minimum absolute atomic E-state index is 0.367. The summed E-state index contributed by atoms with van der Waals surface area (Å²) < 4.78 is 5.05. The smallest absolute Gasteiger partial charge is 0.181 e. The molecule has 6 heteroatoms. The van der Waals surface area contributed by atoms with Gasteiger partial charge in [-0.2, -0.15) is 0 Å². The molecule has 4 unspecified atom stereocenters. The number of ether oxygens (including phenoxy) is 1. The van der Waals surface area contributed by atoms with Crippen molar-refractivity contribution in [2.75, 3.05) is 6.61 Å². The second-order valence-electron chi connectivity index (χ2n) is 3.18. The minimum Gasteiger partial charge on any atom is -0.394 e. The first-order valence-corrected chi connectivity index (χ1v) is 3.94. The maximum Gasteiger partial charge on any atom is 0.181 e. The average Bonchev–Trinajstić information content (AvgIpc) is 2.29. The highest BCUT2D eigenvalue weighted by atomic mass is 16.6. The third-order valence-corrected chi connectivity index (χ3v) is 2.16. The van der Waals surface area contributed by atoms with Gasteiger partial charge in [-0.3, -0.25) is 0 Å². The predicted molar refractivity (Wildman–Crippen MR) is 45.1 cm³/mol. The van der Waals surface area contributed by atoms with E-state index in [2.05, 4.69) is 4.99 Å².